The van der Waals surface area contributed by atoms with Crippen LogP contribution < -0.4 is 0 Å². The maximum Gasteiger partial charge on any atom is 0.0962 e. The molecule has 2 aromatic rings. The first kappa shape index (κ1) is 15.2. The van der Waals surface area contributed by atoms with E-state index in [1.165, 1.54) is 22.3 Å². The highest BCUT2D eigenvalue weighted by atomic mass is 15.1. The summed E-state index contributed by atoms with van der Waals surface area (Å²) >= 11 is 0. The Kier molecular flexibility index (Phi) is 5.04. The van der Waals surface area contributed by atoms with Crippen molar-refractivity contribution in [2.24, 2.45) is 10.2 Å². The number of hydrogen-bond donors (Lipinski definition) is 0. The molecule has 2 aromatic carbocycles. The van der Waals surface area contributed by atoms with E-state index in [2.05, 4.69) is 73.5 Å². The molecule has 0 radical (unpaired) electrons. The average Bonchev–Trinajstić information content (AvgIpc) is 2.53. The van der Waals surface area contributed by atoms with E-state index in [-0.39, 0.29) is 0 Å². The third kappa shape index (κ3) is 3.27. The van der Waals surface area contributed by atoms with Crippen LogP contribution in [0.15, 0.2) is 58.8 Å². The maximum absolute atomic E-state index is 4.41. The lowest BCUT2D eigenvalue weighted by Gasteiger charge is -2.13. The molecule has 0 atom stereocenters. The summed E-state index contributed by atoms with van der Waals surface area (Å²) in [6.07, 6.45) is 1.01. The Balaban J connectivity index is 2.67. The summed E-state index contributed by atoms with van der Waals surface area (Å²) in [6, 6.07) is 16.8. The Labute approximate surface area is 127 Å². The Hall–Kier alpha value is -2.22. The summed E-state index contributed by atoms with van der Waals surface area (Å²) in [6.45, 7) is 6.42. The molecule has 0 aromatic heterocycles. The van der Waals surface area contributed by atoms with Gasteiger partial charge in [-0.15, -0.1) is 0 Å². The monoisotopic (exact) mass is 278 g/mol. The smallest absolute Gasteiger partial charge is 0.0962 e. The number of hydrogen-bond acceptors (Lipinski definition) is 2. The van der Waals surface area contributed by atoms with Crippen molar-refractivity contribution in [1.29, 1.82) is 0 Å². The number of azo groups is 1. The van der Waals surface area contributed by atoms with Crippen LogP contribution in [0.3, 0.4) is 0 Å². The molecule has 0 unspecified atom stereocenters. The summed E-state index contributed by atoms with van der Waals surface area (Å²) in [7, 11) is 1.72. The van der Waals surface area contributed by atoms with Crippen molar-refractivity contribution in [2.45, 2.75) is 27.2 Å². The van der Waals surface area contributed by atoms with Gasteiger partial charge in [0.25, 0.3) is 0 Å². The fourth-order valence-electron chi connectivity index (χ4n) is 2.59. The van der Waals surface area contributed by atoms with Crippen LogP contribution in [0.1, 0.15) is 36.1 Å². The van der Waals surface area contributed by atoms with Crippen molar-refractivity contribution in [3.8, 4) is 0 Å². The predicted octanol–water partition coefficient (Wildman–Crippen LogP) is 5.53. The van der Waals surface area contributed by atoms with Gasteiger partial charge < -0.3 is 0 Å². The second-order valence-corrected chi connectivity index (χ2v) is 5.10. The van der Waals surface area contributed by atoms with E-state index < -0.39 is 0 Å². The van der Waals surface area contributed by atoms with Crippen molar-refractivity contribution >= 4 is 11.3 Å². The molecule has 0 bridgehead atoms. The SMILES string of the molecule is CCc1ccccc1/C(C)=C(/N=N\C)c1ccccc1C. The summed E-state index contributed by atoms with van der Waals surface area (Å²) in [5.74, 6) is 0. The van der Waals surface area contributed by atoms with E-state index in [1.54, 1.807) is 7.05 Å². The zero-order valence-corrected chi connectivity index (χ0v) is 13.2. The van der Waals surface area contributed by atoms with Crippen LogP contribution in [0.2, 0.25) is 0 Å². The van der Waals surface area contributed by atoms with Crippen LogP contribution in [-0.4, -0.2) is 7.05 Å². The van der Waals surface area contributed by atoms with Gasteiger partial charge in [-0.1, -0.05) is 55.5 Å². The normalized spacial score (nSPS) is 12.6. The Morgan fingerprint density at radius 1 is 0.952 bits per heavy atom. The molecule has 0 aliphatic rings. The topological polar surface area (TPSA) is 24.7 Å². The lowest BCUT2D eigenvalue weighted by atomic mass is 9.94. The first-order chi connectivity index (χ1) is 10.2. The molecule has 0 aliphatic carbocycles. The van der Waals surface area contributed by atoms with Gasteiger partial charge in [-0.3, -0.25) is 0 Å². The van der Waals surface area contributed by atoms with Gasteiger partial charge in [-0.05, 0) is 42.5 Å². The molecule has 2 nitrogen and oxygen atoms in total. The molecule has 0 spiro atoms. The minimum absolute atomic E-state index is 0.955. The fraction of sp³-hybridized carbons (Fsp3) is 0.263. The summed E-state index contributed by atoms with van der Waals surface area (Å²) in [5, 5.41) is 8.43. The number of nitrogens with zero attached hydrogens (tertiary/aromatic N) is 2. The molecule has 0 aliphatic heterocycles. The van der Waals surface area contributed by atoms with E-state index >= 15 is 0 Å². The van der Waals surface area contributed by atoms with Crippen LogP contribution in [0.4, 0.5) is 0 Å². The van der Waals surface area contributed by atoms with E-state index in [1.807, 2.05) is 6.07 Å². The van der Waals surface area contributed by atoms with Gasteiger partial charge in [-0.25, -0.2) is 0 Å². The molecule has 0 saturated heterocycles. The predicted molar refractivity (Wildman–Crippen MR) is 90.3 cm³/mol. The number of aryl methyl sites for hydroxylation is 2. The van der Waals surface area contributed by atoms with Gasteiger partial charge in [0.15, 0.2) is 0 Å². The first-order valence-corrected chi connectivity index (χ1v) is 7.34. The summed E-state index contributed by atoms with van der Waals surface area (Å²) < 4.78 is 0. The van der Waals surface area contributed by atoms with Crippen molar-refractivity contribution in [3.05, 3.63) is 70.8 Å². The molecule has 21 heavy (non-hydrogen) atoms. The zero-order valence-electron chi connectivity index (χ0n) is 13.2. The Morgan fingerprint density at radius 3 is 2.19 bits per heavy atom. The minimum Gasteiger partial charge on any atom is -0.192 e. The number of rotatable bonds is 4. The quantitative estimate of drug-likeness (QED) is 0.519. The van der Waals surface area contributed by atoms with Gasteiger partial charge in [-0.2, -0.15) is 10.2 Å². The second-order valence-electron chi connectivity index (χ2n) is 5.10. The standard InChI is InChI=1S/C19H22N2/c1-5-16-11-7-9-13-18(16)15(3)19(21-20-4)17-12-8-6-10-14(17)2/h6-13H,5H2,1-4H3/b19-15+,21-20-. The lowest BCUT2D eigenvalue weighted by Crippen LogP contribution is -1.94. The van der Waals surface area contributed by atoms with Crippen molar-refractivity contribution in [2.75, 3.05) is 7.05 Å². The third-order valence-corrected chi connectivity index (χ3v) is 3.76. The van der Waals surface area contributed by atoms with E-state index in [0.29, 0.717) is 0 Å². The van der Waals surface area contributed by atoms with Crippen LogP contribution in [-0.2, 0) is 6.42 Å². The zero-order chi connectivity index (χ0) is 15.2. The Bertz CT molecular complexity index is 681. The molecular weight excluding hydrogens is 256 g/mol. The highest BCUT2D eigenvalue weighted by Crippen LogP contribution is 2.31. The molecule has 2 heteroatoms. The van der Waals surface area contributed by atoms with Gasteiger partial charge in [0, 0.05) is 12.6 Å². The minimum atomic E-state index is 0.955. The molecule has 0 amide bonds. The van der Waals surface area contributed by atoms with Crippen LogP contribution in [0.5, 0.6) is 0 Å². The summed E-state index contributed by atoms with van der Waals surface area (Å²) in [4.78, 5) is 0. The summed E-state index contributed by atoms with van der Waals surface area (Å²) in [5.41, 5.74) is 7.08. The number of allylic oxidation sites excluding steroid dienone is 1. The highest BCUT2D eigenvalue weighted by molar-refractivity contribution is 5.90. The van der Waals surface area contributed by atoms with Crippen LogP contribution in [0.25, 0.3) is 11.3 Å². The molecule has 0 N–H and O–H groups in total. The van der Waals surface area contributed by atoms with Crippen molar-refractivity contribution < 1.29 is 0 Å². The van der Waals surface area contributed by atoms with Gasteiger partial charge >= 0.3 is 0 Å². The van der Waals surface area contributed by atoms with Crippen LogP contribution in [0, 0.1) is 6.92 Å². The van der Waals surface area contributed by atoms with E-state index in [9.17, 15) is 0 Å². The molecule has 0 heterocycles. The molecule has 0 fully saturated rings. The third-order valence-electron chi connectivity index (χ3n) is 3.76. The average molecular weight is 278 g/mol. The molecule has 2 rings (SSSR count). The maximum atomic E-state index is 4.41. The number of benzene rings is 2. The van der Waals surface area contributed by atoms with Gasteiger partial charge in [0.2, 0.25) is 0 Å². The highest BCUT2D eigenvalue weighted by Gasteiger charge is 2.11. The van der Waals surface area contributed by atoms with Crippen molar-refractivity contribution in [1.82, 2.24) is 0 Å². The van der Waals surface area contributed by atoms with Crippen LogP contribution >= 0.6 is 0 Å². The second kappa shape index (κ2) is 6.98. The van der Waals surface area contributed by atoms with Gasteiger partial charge in [0.1, 0.15) is 0 Å². The van der Waals surface area contributed by atoms with E-state index in [0.717, 1.165) is 17.7 Å². The largest absolute Gasteiger partial charge is 0.192 e. The lowest BCUT2D eigenvalue weighted by molar-refractivity contribution is 1.12. The van der Waals surface area contributed by atoms with E-state index in [4.69, 9.17) is 0 Å². The van der Waals surface area contributed by atoms with Crippen molar-refractivity contribution in [3.63, 3.8) is 0 Å². The molecule has 108 valence electrons. The molecular formula is C19H22N2. The Morgan fingerprint density at radius 2 is 1.57 bits per heavy atom. The first-order valence-electron chi connectivity index (χ1n) is 7.34. The fourth-order valence-corrected chi connectivity index (χ4v) is 2.59. The van der Waals surface area contributed by atoms with Gasteiger partial charge in [0.05, 0.1) is 5.70 Å². The molecule has 0 saturated carbocycles.